The van der Waals surface area contributed by atoms with Crippen LogP contribution in [-0.2, 0) is 11.8 Å². The first-order valence-electron chi connectivity index (χ1n) is 21.0. The Morgan fingerprint density at radius 2 is 0.845 bits per heavy atom. The quantitative estimate of drug-likeness (QED) is 0.184. The lowest BCUT2D eigenvalue weighted by Gasteiger charge is -2.34. The summed E-state index contributed by atoms with van der Waals surface area (Å²) < 4.78 is 0. The zero-order valence-corrected chi connectivity index (χ0v) is 35.4. The number of carbonyl (C=O) groups is 1. The first-order chi connectivity index (χ1) is 28.3. The van der Waals surface area contributed by atoms with Crippen LogP contribution in [0.1, 0.15) is 106 Å². The first kappa shape index (κ1) is 42.9. The molecule has 0 atom stereocenters. The second-order valence-corrected chi connectivity index (χ2v) is 14.2. The summed E-state index contributed by atoms with van der Waals surface area (Å²) in [6, 6.07) is 53.6. The number of hydrogen-bond donors (Lipinski definition) is 2. The summed E-state index contributed by atoms with van der Waals surface area (Å²) in [7, 11) is 0. The Kier molecular flexibility index (Phi) is 14.7. The van der Waals surface area contributed by atoms with Crippen molar-refractivity contribution < 1.29 is 15.0 Å². The molecule has 0 aliphatic heterocycles. The summed E-state index contributed by atoms with van der Waals surface area (Å²) in [4.78, 5) is 11.5. The van der Waals surface area contributed by atoms with E-state index in [0.717, 1.165) is 32.5 Å². The van der Waals surface area contributed by atoms with Crippen molar-refractivity contribution >= 4 is 38.1 Å². The molecule has 0 heterocycles. The number of phenols is 2. The standard InChI is InChI=1S/C33H22O2.C12H8O.2C3H8.2C2H6/c34-27-15-11-21-17-25(13-9-23(21)19-27)33(26-14-10-24-20-28(35)16-12-22(24)18-26)31-7-3-1-5-29(31)30-6-2-4-8-32(30)33;13-11-7-9-5-1-3-8-4-2-6-10(11)12(8)9;2*1-3-2;2*1-2/h1-20,34-35H;1-6H,7H2;2*3H2,1-2H3;2*1-2H3. The normalized spacial score (nSPS) is 12.2. The number of Topliss-reactive ketones (excluding diaryl/α,β-unsaturated/α-hetero) is 1. The molecule has 0 unspecified atom stereocenters. The topological polar surface area (TPSA) is 57.5 Å². The van der Waals surface area contributed by atoms with Crippen molar-refractivity contribution in [2.75, 3.05) is 0 Å². The molecule has 2 aliphatic rings. The van der Waals surface area contributed by atoms with E-state index in [4.69, 9.17) is 0 Å². The highest BCUT2D eigenvalue weighted by Gasteiger charge is 2.46. The molecule has 0 aromatic heterocycles. The number of benzene rings is 8. The molecule has 2 N–H and O–H groups in total. The van der Waals surface area contributed by atoms with Crippen LogP contribution in [0.2, 0.25) is 0 Å². The summed E-state index contributed by atoms with van der Waals surface area (Å²) in [5.74, 6) is 0.801. The molecule has 3 nitrogen and oxygen atoms in total. The van der Waals surface area contributed by atoms with Gasteiger partial charge in [-0.05, 0) is 108 Å². The Balaban J connectivity index is 0.000000230. The minimum atomic E-state index is -0.495. The number of carbonyl (C=O) groups excluding carboxylic acids is 1. The molecule has 0 radical (unpaired) electrons. The highest BCUT2D eigenvalue weighted by atomic mass is 16.3. The summed E-state index contributed by atoms with van der Waals surface area (Å²) in [5.41, 5.74) is 8.98. The van der Waals surface area contributed by atoms with Gasteiger partial charge in [-0.1, -0.05) is 190 Å². The average Bonchev–Trinajstić information content (AvgIpc) is 3.75. The van der Waals surface area contributed by atoms with Gasteiger partial charge in [0.15, 0.2) is 5.78 Å². The second-order valence-electron chi connectivity index (χ2n) is 14.2. The third kappa shape index (κ3) is 8.27. The van der Waals surface area contributed by atoms with E-state index >= 15 is 0 Å². The van der Waals surface area contributed by atoms with Crippen LogP contribution in [0, 0.1) is 0 Å². The van der Waals surface area contributed by atoms with Crippen molar-refractivity contribution in [1.29, 1.82) is 0 Å². The van der Waals surface area contributed by atoms with E-state index in [0.29, 0.717) is 6.42 Å². The van der Waals surface area contributed by atoms with Crippen LogP contribution in [0.5, 0.6) is 11.5 Å². The fourth-order valence-corrected chi connectivity index (χ4v) is 8.02. The summed E-state index contributed by atoms with van der Waals surface area (Å²) in [5, 5.41) is 26.6. The first-order valence-corrected chi connectivity index (χ1v) is 21.0. The monoisotopic (exact) mass is 766 g/mol. The van der Waals surface area contributed by atoms with Crippen LogP contribution in [-0.4, -0.2) is 16.0 Å². The SMILES string of the molecule is CC.CC.CCC.CCC.O=C1Cc2cccc3cccc1c23.Oc1ccc2cc(C3(c4ccc5cc(O)ccc5c4)c4ccccc4-c4ccccc43)ccc2c1. The van der Waals surface area contributed by atoms with Gasteiger partial charge in [0.2, 0.25) is 0 Å². The van der Waals surface area contributed by atoms with Gasteiger partial charge < -0.3 is 10.2 Å². The lowest BCUT2D eigenvalue weighted by molar-refractivity contribution is 0.1000. The molecule has 2 aliphatic carbocycles. The fraction of sp³-hybridized carbons (Fsp3) is 0.218. The number of hydrogen-bond acceptors (Lipinski definition) is 3. The molecule has 0 bridgehead atoms. The van der Waals surface area contributed by atoms with Crippen LogP contribution in [0.15, 0.2) is 158 Å². The molecule has 0 fully saturated rings. The zero-order valence-electron chi connectivity index (χ0n) is 35.4. The number of rotatable bonds is 2. The molecule has 10 rings (SSSR count). The van der Waals surface area contributed by atoms with Gasteiger partial charge in [0, 0.05) is 12.0 Å². The minimum Gasteiger partial charge on any atom is -0.508 e. The van der Waals surface area contributed by atoms with Gasteiger partial charge >= 0.3 is 0 Å². The molecular formula is C55H58O3. The zero-order chi connectivity index (χ0) is 41.8. The smallest absolute Gasteiger partial charge is 0.167 e. The van der Waals surface area contributed by atoms with Crippen molar-refractivity contribution in [3.63, 3.8) is 0 Å². The van der Waals surface area contributed by atoms with Crippen LogP contribution < -0.4 is 0 Å². The molecule has 8 aromatic rings. The number of fused-ring (bicyclic) bond motifs is 5. The molecule has 0 saturated carbocycles. The maximum absolute atomic E-state index is 11.5. The Bertz CT molecular complexity index is 2490. The molecule has 296 valence electrons. The van der Waals surface area contributed by atoms with Crippen molar-refractivity contribution in [3.05, 3.63) is 191 Å². The molecule has 3 heteroatoms. The third-order valence-electron chi connectivity index (χ3n) is 10.1. The second kappa shape index (κ2) is 19.8. The maximum atomic E-state index is 11.5. The van der Waals surface area contributed by atoms with Crippen LogP contribution in [0.25, 0.3) is 43.4 Å². The van der Waals surface area contributed by atoms with E-state index in [1.165, 1.54) is 57.2 Å². The van der Waals surface area contributed by atoms with Gasteiger partial charge in [0.05, 0.1) is 5.41 Å². The van der Waals surface area contributed by atoms with Gasteiger partial charge in [-0.2, -0.15) is 0 Å². The van der Waals surface area contributed by atoms with Crippen molar-refractivity contribution in [2.24, 2.45) is 0 Å². The van der Waals surface area contributed by atoms with Crippen LogP contribution >= 0.6 is 0 Å². The Morgan fingerprint density at radius 3 is 1.33 bits per heavy atom. The summed E-state index contributed by atoms with van der Waals surface area (Å²) >= 11 is 0. The molecular weight excluding hydrogens is 709 g/mol. The minimum absolute atomic E-state index is 0.256. The van der Waals surface area contributed by atoms with E-state index in [1.54, 1.807) is 12.1 Å². The number of phenolic OH excluding ortho intramolecular Hbond substituents is 2. The van der Waals surface area contributed by atoms with Crippen LogP contribution in [0.3, 0.4) is 0 Å². The third-order valence-corrected chi connectivity index (χ3v) is 10.1. The van der Waals surface area contributed by atoms with Crippen LogP contribution in [0.4, 0.5) is 0 Å². The van der Waals surface area contributed by atoms with E-state index < -0.39 is 5.41 Å². The average molecular weight is 767 g/mol. The maximum Gasteiger partial charge on any atom is 0.167 e. The largest absolute Gasteiger partial charge is 0.508 e. The molecule has 0 spiro atoms. The Hall–Kier alpha value is -6.19. The van der Waals surface area contributed by atoms with Gasteiger partial charge in [0.25, 0.3) is 0 Å². The summed E-state index contributed by atoms with van der Waals surface area (Å²) in [6.07, 6.45) is 3.08. The highest BCUT2D eigenvalue weighted by molar-refractivity contribution is 6.15. The fourth-order valence-electron chi connectivity index (χ4n) is 8.02. The van der Waals surface area contributed by atoms with E-state index in [-0.39, 0.29) is 17.3 Å². The van der Waals surface area contributed by atoms with E-state index in [2.05, 4.69) is 125 Å². The lowest BCUT2D eigenvalue weighted by atomic mass is 9.67. The molecule has 0 saturated heterocycles. The lowest BCUT2D eigenvalue weighted by Crippen LogP contribution is -2.28. The van der Waals surface area contributed by atoms with Gasteiger partial charge in [0.1, 0.15) is 11.5 Å². The Labute approximate surface area is 345 Å². The number of ketones is 1. The molecule has 58 heavy (non-hydrogen) atoms. The highest BCUT2D eigenvalue weighted by Crippen LogP contribution is 2.56. The number of aromatic hydroxyl groups is 2. The molecule has 0 amide bonds. The summed E-state index contributed by atoms with van der Waals surface area (Å²) in [6.45, 7) is 16.5. The van der Waals surface area contributed by atoms with Gasteiger partial charge in [-0.3, -0.25) is 4.79 Å². The van der Waals surface area contributed by atoms with E-state index in [9.17, 15) is 15.0 Å². The van der Waals surface area contributed by atoms with Crippen molar-refractivity contribution in [3.8, 4) is 22.6 Å². The predicted octanol–water partition coefficient (Wildman–Crippen LogP) is 15.2. The van der Waals surface area contributed by atoms with Crippen molar-refractivity contribution in [2.45, 2.75) is 80.1 Å². The van der Waals surface area contributed by atoms with Gasteiger partial charge in [-0.15, -0.1) is 0 Å². The molecule has 8 aromatic carbocycles. The van der Waals surface area contributed by atoms with Crippen molar-refractivity contribution in [1.82, 2.24) is 0 Å². The Morgan fingerprint density at radius 1 is 0.448 bits per heavy atom. The van der Waals surface area contributed by atoms with Gasteiger partial charge in [-0.25, -0.2) is 0 Å². The predicted molar refractivity (Wildman–Crippen MR) is 249 cm³/mol. The van der Waals surface area contributed by atoms with E-state index in [1.807, 2.05) is 76.2 Å².